The minimum atomic E-state index is -0.228. The number of hydrogen-bond donors (Lipinski definition) is 2. The molecular weight excluding hydrogens is 370 g/mol. The van der Waals surface area contributed by atoms with Crippen molar-refractivity contribution in [1.82, 2.24) is 5.32 Å². The number of amides is 1. The van der Waals surface area contributed by atoms with E-state index >= 15 is 0 Å². The van der Waals surface area contributed by atoms with Gasteiger partial charge in [0, 0.05) is 23.8 Å². The topological polar surface area (TPSA) is 67.5 Å². The van der Waals surface area contributed by atoms with E-state index in [1.807, 2.05) is 64.1 Å². The number of nitrogens with one attached hydrogen (secondary N) is 1. The normalized spacial score (nSPS) is 13.9. The van der Waals surface area contributed by atoms with Gasteiger partial charge in [0.25, 0.3) is 5.91 Å². The zero-order valence-corrected chi connectivity index (χ0v) is 19.1. The predicted octanol–water partition coefficient (Wildman–Crippen LogP) is 5.38. The summed E-state index contributed by atoms with van der Waals surface area (Å²) in [7, 11) is 0. The fourth-order valence-electron chi connectivity index (χ4n) is 2.86. The number of rotatable bonds is 8. The molecule has 160 valence electrons. The van der Waals surface area contributed by atoms with Crippen molar-refractivity contribution in [2.75, 3.05) is 0 Å². The van der Waals surface area contributed by atoms with Gasteiger partial charge in [0.1, 0.15) is 5.82 Å². The van der Waals surface area contributed by atoms with Gasteiger partial charge in [-0.15, -0.1) is 0 Å². The molecule has 4 heteroatoms. The number of aliphatic imine (C=N–C) groups is 1. The van der Waals surface area contributed by atoms with Crippen molar-refractivity contribution < 1.29 is 4.79 Å². The highest BCUT2D eigenvalue weighted by atomic mass is 16.1. The third-order valence-electron chi connectivity index (χ3n) is 4.41. The van der Waals surface area contributed by atoms with Crippen LogP contribution >= 0.6 is 0 Å². The van der Waals surface area contributed by atoms with Crippen molar-refractivity contribution in [3.8, 4) is 11.8 Å². The van der Waals surface area contributed by atoms with E-state index < -0.39 is 0 Å². The van der Waals surface area contributed by atoms with E-state index in [1.165, 1.54) is 0 Å². The summed E-state index contributed by atoms with van der Waals surface area (Å²) in [4.78, 5) is 17.5. The molecule has 1 amide bonds. The smallest absolute Gasteiger partial charge is 0.253 e. The first-order chi connectivity index (χ1) is 14.3. The standard InChI is InChI=1S/C26H35N3O/c1-7-9-10-17-23(25(27)28-8-2)24(18-13-14-19(3)4)26(30)29-21(6)22-16-12-11-15-20(22)5/h8,10-12,15-19,21H,7,9,27H2,1-6H3,(H,29,30)/b17-10+,24-18-,25-23+,28-8?. The number of unbranched alkanes of at least 4 members (excludes halogenated alkanes) is 1. The van der Waals surface area contributed by atoms with Crippen molar-refractivity contribution in [3.05, 3.63) is 70.6 Å². The molecule has 0 aliphatic rings. The van der Waals surface area contributed by atoms with Crippen LogP contribution in [0, 0.1) is 24.7 Å². The van der Waals surface area contributed by atoms with Gasteiger partial charge in [-0.25, -0.2) is 4.99 Å². The Hall–Kier alpha value is -3.06. The van der Waals surface area contributed by atoms with E-state index in [9.17, 15) is 4.79 Å². The van der Waals surface area contributed by atoms with E-state index in [1.54, 1.807) is 19.2 Å². The van der Waals surface area contributed by atoms with Gasteiger partial charge in [-0.2, -0.15) is 0 Å². The number of hydrogen-bond acceptors (Lipinski definition) is 3. The molecule has 30 heavy (non-hydrogen) atoms. The summed E-state index contributed by atoms with van der Waals surface area (Å²) in [6.45, 7) is 11.9. The lowest BCUT2D eigenvalue weighted by Gasteiger charge is -2.18. The van der Waals surface area contributed by atoms with E-state index in [4.69, 9.17) is 5.73 Å². The van der Waals surface area contributed by atoms with Gasteiger partial charge < -0.3 is 11.1 Å². The Bertz CT molecular complexity index is 892. The SMILES string of the molecule is CC=N/C(N)=C(\C=C\CCC)C(=C/C#CC(C)C)/C(=O)NC(C)c1ccccc1C. The number of aryl methyl sites for hydroxylation is 1. The maximum absolute atomic E-state index is 13.3. The van der Waals surface area contributed by atoms with Gasteiger partial charge in [-0.05, 0) is 38.3 Å². The summed E-state index contributed by atoms with van der Waals surface area (Å²) in [5, 5.41) is 3.09. The molecule has 0 heterocycles. The second-order valence-electron chi connectivity index (χ2n) is 7.43. The Kier molecular flexibility index (Phi) is 11.0. The molecule has 0 saturated carbocycles. The van der Waals surface area contributed by atoms with Crippen LogP contribution in [0.5, 0.6) is 0 Å². The van der Waals surface area contributed by atoms with Crippen LogP contribution in [0.15, 0.2) is 64.5 Å². The van der Waals surface area contributed by atoms with E-state index in [0.717, 1.165) is 24.0 Å². The van der Waals surface area contributed by atoms with Gasteiger partial charge in [0.15, 0.2) is 0 Å². The number of carbonyl (C=O) groups is 1. The molecule has 1 aromatic rings. The molecule has 0 aliphatic carbocycles. The molecule has 0 spiro atoms. The van der Waals surface area contributed by atoms with Gasteiger partial charge in [0.05, 0.1) is 11.6 Å². The van der Waals surface area contributed by atoms with Crippen LogP contribution in [0.4, 0.5) is 0 Å². The molecule has 4 nitrogen and oxygen atoms in total. The number of nitrogens with zero attached hydrogens (tertiary/aromatic N) is 1. The first-order valence-electron chi connectivity index (χ1n) is 10.5. The van der Waals surface area contributed by atoms with Crippen LogP contribution in [0.3, 0.4) is 0 Å². The molecule has 1 atom stereocenters. The van der Waals surface area contributed by atoms with Crippen LogP contribution in [0.2, 0.25) is 0 Å². The highest BCUT2D eigenvalue weighted by molar-refractivity contribution is 5.99. The molecule has 0 bridgehead atoms. The highest BCUT2D eigenvalue weighted by Crippen LogP contribution is 2.21. The second kappa shape index (κ2) is 13.2. The van der Waals surface area contributed by atoms with Crippen molar-refractivity contribution in [2.45, 2.75) is 60.4 Å². The molecule has 0 saturated heterocycles. The molecule has 0 radical (unpaired) electrons. The number of benzene rings is 1. The number of nitrogens with two attached hydrogens (primary N) is 1. The third-order valence-corrected chi connectivity index (χ3v) is 4.41. The fourth-order valence-corrected chi connectivity index (χ4v) is 2.86. The van der Waals surface area contributed by atoms with Crippen LogP contribution in [-0.4, -0.2) is 12.1 Å². The summed E-state index contributed by atoms with van der Waals surface area (Å²) in [5.41, 5.74) is 9.41. The van der Waals surface area contributed by atoms with Gasteiger partial charge in [0.2, 0.25) is 0 Å². The lowest BCUT2D eigenvalue weighted by atomic mass is 10.00. The number of allylic oxidation sites excluding steroid dienone is 3. The minimum absolute atomic E-state index is 0.156. The van der Waals surface area contributed by atoms with Crippen LogP contribution in [0.1, 0.15) is 64.6 Å². The lowest BCUT2D eigenvalue weighted by molar-refractivity contribution is -0.117. The Balaban J connectivity index is 3.39. The van der Waals surface area contributed by atoms with E-state index in [-0.39, 0.29) is 17.9 Å². The summed E-state index contributed by atoms with van der Waals surface area (Å²) in [5.74, 6) is 6.36. The summed E-state index contributed by atoms with van der Waals surface area (Å²) >= 11 is 0. The molecule has 1 rings (SSSR count). The van der Waals surface area contributed by atoms with Gasteiger partial charge >= 0.3 is 0 Å². The van der Waals surface area contributed by atoms with E-state index in [0.29, 0.717) is 17.0 Å². The van der Waals surface area contributed by atoms with Crippen LogP contribution < -0.4 is 11.1 Å². The maximum Gasteiger partial charge on any atom is 0.253 e. The lowest BCUT2D eigenvalue weighted by Crippen LogP contribution is -2.29. The molecular formula is C26H35N3O. The fraction of sp³-hybridized carbons (Fsp3) is 0.385. The third kappa shape index (κ3) is 8.13. The average molecular weight is 406 g/mol. The van der Waals surface area contributed by atoms with E-state index in [2.05, 4.69) is 29.1 Å². The Labute approximate surface area is 182 Å². The second-order valence-corrected chi connectivity index (χ2v) is 7.43. The predicted molar refractivity (Wildman–Crippen MR) is 128 cm³/mol. The molecule has 0 aliphatic heterocycles. The minimum Gasteiger partial charge on any atom is -0.383 e. The van der Waals surface area contributed by atoms with Crippen molar-refractivity contribution in [3.63, 3.8) is 0 Å². The Morgan fingerprint density at radius 2 is 1.97 bits per heavy atom. The Morgan fingerprint density at radius 1 is 1.27 bits per heavy atom. The molecule has 1 unspecified atom stereocenters. The quantitative estimate of drug-likeness (QED) is 0.264. The molecule has 0 fully saturated rings. The summed E-state index contributed by atoms with van der Waals surface area (Å²) in [6.07, 6.45) is 9.03. The highest BCUT2D eigenvalue weighted by Gasteiger charge is 2.19. The first-order valence-corrected chi connectivity index (χ1v) is 10.5. The average Bonchev–Trinajstić information content (AvgIpc) is 2.69. The van der Waals surface area contributed by atoms with Crippen LogP contribution in [-0.2, 0) is 4.79 Å². The molecule has 0 aromatic heterocycles. The Morgan fingerprint density at radius 3 is 2.57 bits per heavy atom. The molecule has 1 aromatic carbocycles. The largest absolute Gasteiger partial charge is 0.383 e. The van der Waals surface area contributed by atoms with Gasteiger partial charge in [-0.1, -0.05) is 75.5 Å². The maximum atomic E-state index is 13.3. The van der Waals surface area contributed by atoms with Crippen molar-refractivity contribution in [1.29, 1.82) is 0 Å². The monoisotopic (exact) mass is 405 g/mol. The summed E-state index contributed by atoms with van der Waals surface area (Å²) < 4.78 is 0. The summed E-state index contributed by atoms with van der Waals surface area (Å²) in [6, 6.07) is 7.87. The number of carbonyl (C=O) groups excluding carboxylic acids is 1. The zero-order chi connectivity index (χ0) is 22.5. The van der Waals surface area contributed by atoms with Crippen molar-refractivity contribution >= 4 is 12.1 Å². The van der Waals surface area contributed by atoms with Crippen LogP contribution in [0.25, 0.3) is 0 Å². The van der Waals surface area contributed by atoms with Gasteiger partial charge in [-0.3, -0.25) is 4.79 Å². The first kappa shape index (κ1) is 25.0. The van der Waals surface area contributed by atoms with Crippen molar-refractivity contribution in [2.24, 2.45) is 16.6 Å². The zero-order valence-electron chi connectivity index (χ0n) is 19.1. The molecule has 3 N–H and O–H groups in total.